The number of aliphatic hydroxyl groups excluding tert-OH is 4. The first-order valence-corrected chi connectivity index (χ1v) is 44.4. The first-order valence-electron chi connectivity index (χ1n) is 43.2. The smallest absolute Gasteiger partial charge is 0.305 e. The van der Waals surface area contributed by atoms with Crippen molar-refractivity contribution in [2.24, 2.45) is 23.5 Å². The topological polar surface area (TPSA) is 733 Å². The number of nitrogens with two attached hydrogens (primary N) is 1. The van der Waals surface area contributed by atoms with Gasteiger partial charge in [-0.1, -0.05) is 102 Å². The van der Waals surface area contributed by atoms with E-state index in [0.29, 0.717) is 43.4 Å². The van der Waals surface area contributed by atoms with Gasteiger partial charge in [-0.2, -0.15) is 0 Å². The second kappa shape index (κ2) is 57.3. The van der Waals surface area contributed by atoms with Gasteiger partial charge in [-0.15, -0.1) is 11.8 Å². The number of thioether (sulfide) groups is 1. The molecule has 1 saturated heterocycles. The summed E-state index contributed by atoms with van der Waals surface area (Å²) in [5.41, 5.74) is 6.48. The fourth-order valence-corrected chi connectivity index (χ4v) is 14.1. The number of unbranched alkanes of at least 4 members (excludes halogenated alkanes) is 1. The number of aliphatic hydroxyl groups is 4. The van der Waals surface area contributed by atoms with E-state index in [1.54, 1.807) is 52.8 Å². The van der Waals surface area contributed by atoms with Crippen LogP contribution in [0, 0.1) is 17.8 Å². The first-order chi connectivity index (χ1) is 62.8. The molecule has 4 rings (SSSR count). The molecule has 3 aromatic carbocycles. The fraction of sp³-hybridized carbons (Fsp3) is 0.558. The molecule has 0 unspecified atom stereocenters. The maximum Gasteiger partial charge on any atom is 0.305 e. The number of hydrogen-bond acceptors (Lipinski definition) is 28. The Morgan fingerprint density at radius 1 is 0.436 bits per heavy atom. The molecular weight excluding hydrogens is 1770 g/mol. The van der Waals surface area contributed by atoms with Crippen molar-refractivity contribution in [3.05, 3.63) is 95.6 Å². The summed E-state index contributed by atoms with van der Waals surface area (Å²) in [7, 11) is 0. The number of hydrogen-bond donors (Lipinski definition) is 25. The quantitative estimate of drug-likeness (QED) is 0.0185. The van der Waals surface area contributed by atoms with Crippen molar-refractivity contribution in [2.75, 3.05) is 50.9 Å². The van der Waals surface area contributed by atoms with E-state index in [1.165, 1.54) is 67.6 Å². The summed E-state index contributed by atoms with van der Waals surface area (Å²) in [5, 5.41) is 128. The lowest BCUT2D eigenvalue weighted by Crippen LogP contribution is -2.63. The molecule has 0 spiro atoms. The molecule has 0 bridgehead atoms. The second-order valence-corrected chi connectivity index (χ2v) is 33.5. The molecule has 1 aliphatic rings. The van der Waals surface area contributed by atoms with Gasteiger partial charge in [0.15, 0.2) is 0 Å². The van der Waals surface area contributed by atoms with Crippen molar-refractivity contribution in [2.45, 2.75) is 236 Å². The third-order valence-corrected chi connectivity index (χ3v) is 22.0. The van der Waals surface area contributed by atoms with Crippen LogP contribution in [0.5, 0.6) is 11.5 Å². The molecular formula is C86H125N17O29S. The molecule has 0 aromatic heterocycles. The lowest BCUT2D eigenvalue weighted by atomic mass is 9.96. The highest BCUT2D eigenvalue weighted by molar-refractivity contribution is 8.00. The number of benzene rings is 3. The number of carbonyl (C=O) groups is 20. The van der Waals surface area contributed by atoms with E-state index in [-0.39, 0.29) is 79.3 Å². The minimum Gasteiger partial charge on any atom is -0.508 e. The summed E-state index contributed by atoms with van der Waals surface area (Å²) in [6.07, 6.45) is -5.92. The highest BCUT2D eigenvalue weighted by atomic mass is 32.2. The lowest BCUT2D eigenvalue weighted by molar-refractivity contribution is -0.142. The fourth-order valence-electron chi connectivity index (χ4n) is 13.4. The number of aromatic hydroxyl groups is 2. The maximum absolute atomic E-state index is 14.7. The Morgan fingerprint density at radius 3 is 1.32 bits per heavy atom. The molecule has 0 aliphatic carbocycles. The van der Waals surface area contributed by atoms with Crippen LogP contribution in [0.3, 0.4) is 0 Å². The molecule has 46 nitrogen and oxygen atoms in total. The van der Waals surface area contributed by atoms with Crippen molar-refractivity contribution in [1.29, 1.82) is 0 Å². The number of amides is 17. The minimum atomic E-state index is -2.23. The third kappa shape index (κ3) is 39.9. The molecule has 1 fully saturated rings. The highest BCUT2D eigenvalue weighted by Crippen LogP contribution is 2.23. The zero-order chi connectivity index (χ0) is 99.5. The molecule has 1 aliphatic heterocycles. The number of rotatable bonds is 60. The van der Waals surface area contributed by atoms with Crippen molar-refractivity contribution in [1.82, 2.24) is 84.7 Å². The SMILES string of the molecule is CC[C@@H]1CC(=O)N(CCNC(=O)CSCC(=O)N[C@@H](CCC(=O)O)C(=O)NCC(=O)N[C@H](C(=O)N[C@@H](Cc2ccccc2)C(=O)N[C@H](C(=O)N[C@@H](CO)C(=O)N[C@@H](CC(=O)O)C(=O)N[C@@H](Cc2ccc(O)cc2)C(=O)N[C@@H](CO)C(=O)N[C@H](C(=O)N[C@@H](Cc2ccc(O)cc2)C(=O)N[C@@H](CC(C)C)C(=O)N[C@@H](CC(=O)O)C(=O)N[C@H](C)CCCCN)[C@@H](C)CC)[C@@H](C)O)[C@@H](C)O)C1=O. The number of likely N-dealkylation sites (tertiary alicyclic amines) is 1. The van der Waals surface area contributed by atoms with Crippen LogP contribution in [-0.2, 0) is 115 Å². The number of imide groups is 1. The van der Waals surface area contributed by atoms with Crippen LogP contribution in [0.15, 0.2) is 78.9 Å². The molecule has 133 heavy (non-hydrogen) atoms. The molecule has 0 saturated carbocycles. The molecule has 17 amide bonds. The van der Waals surface area contributed by atoms with Crippen LogP contribution in [0.1, 0.15) is 143 Å². The third-order valence-electron chi connectivity index (χ3n) is 21.0. The van der Waals surface area contributed by atoms with E-state index in [4.69, 9.17) is 5.73 Å². The summed E-state index contributed by atoms with van der Waals surface area (Å²) in [6.45, 7) is 8.79. The number of aliphatic carboxylic acids is 3. The highest BCUT2D eigenvalue weighted by Gasteiger charge is 2.42. The first kappa shape index (κ1) is 112. The molecule has 26 N–H and O–H groups in total. The summed E-state index contributed by atoms with van der Waals surface area (Å²) in [4.78, 5) is 271. The lowest BCUT2D eigenvalue weighted by Gasteiger charge is -2.30. The van der Waals surface area contributed by atoms with Crippen molar-refractivity contribution >= 4 is 130 Å². The normalized spacial score (nSPS) is 16.0. The number of nitrogens with zero attached hydrogens (tertiary/aromatic N) is 1. The van der Waals surface area contributed by atoms with Gasteiger partial charge in [-0.05, 0) is 112 Å². The van der Waals surface area contributed by atoms with Crippen LogP contribution in [-0.4, -0.2) is 311 Å². The van der Waals surface area contributed by atoms with Crippen LogP contribution in [0.25, 0.3) is 0 Å². The monoisotopic (exact) mass is 1890 g/mol. The van der Waals surface area contributed by atoms with Crippen molar-refractivity contribution in [3.63, 3.8) is 0 Å². The Balaban J connectivity index is 1.52. The van der Waals surface area contributed by atoms with E-state index >= 15 is 0 Å². The summed E-state index contributed by atoms with van der Waals surface area (Å²) in [5.74, 6) is -24.9. The minimum absolute atomic E-state index is 0.0613. The molecule has 734 valence electrons. The van der Waals surface area contributed by atoms with Gasteiger partial charge < -0.3 is 131 Å². The van der Waals surface area contributed by atoms with E-state index < -0.39 is 273 Å². The number of phenols is 2. The van der Waals surface area contributed by atoms with Crippen LogP contribution >= 0.6 is 11.8 Å². The zero-order valence-electron chi connectivity index (χ0n) is 75.1. The predicted molar refractivity (Wildman–Crippen MR) is 474 cm³/mol. The van der Waals surface area contributed by atoms with E-state index in [2.05, 4.69) is 79.8 Å². The number of carboxylic acid groups (broad SMARTS) is 3. The Bertz CT molecular complexity index is 4490. The second-order valence-electron chi connectivity index (χ2n) is 32.5. The number of nitrogens with one attached hydrogen (secondary N) is 15. The van der Waals surface area contributed by atoms with Gasteiger partial charge in [-0.25, -0.2) is 0 Å². The van der Waals surface area contributed by atoms with Gasteiger partial charge in [-0.3, -0.25) is 101 Å². The van der Waals surface area contributed by atoms with Crippen LogP contribution in [0.4, 0.5) is 0 Å². The van der Waals surface area contributed by atoms with Crippen LogP contribution < -0.4 is 85.5 Å². The van der Waals surface area contributed by atoms with Gasteiger partial charge in [0.1, 0.15) is 84.0 Å². The van der Waals surface area contributed by atoms with Gasteiger partial charge in [0, 0.05) is 57.2 Å². The summed E-state index contributed by atoms with van der Waals surface area (Å²) >= 11 is 0.800. The Kier molecular flexibility index (Phi) is 48.4. The number of phenolic OH excluding ortho intramolecular Hbond substituents is 2. The Labute approximate surface area is 770 Å². The molecule has 17 atom stereocenters. The van der Waals surface area contributed by atoms with Crippen LogP contribution in [0.2, 0.25) is 0 Å². The van der Waals surface area contributed by atoms with E-state index in [1.807, 2.05) is 0 Å². The predicted octanol–water partition coefficient (Wildman–Crippen LogP) is -6.02. The van der Waals surface area contributed by atoms with Gasteiger partial charge >= 0.3 is 17.9 Å². The summed E-state index contributed by atoms with van der Waals surface area (Å²) in [6, 6.07) is -4.40. The molecule has 1 heterocycles. The maximum atomic E-state index is 14.7. The zero-order valence-corrected chi connectivity index (χ0v) is 75.9. The van der Waals surface area contributed by atoms with Gasteiger partial charge in [0.2, 0.25) is 100 Å². The van der Waals surface area contributed by atoms with E-state index in [9.17, 15) is 142 Å². The Morgan fingerprint density at radius 2 is 0.850 bits per heavy atom. The van der Waals surface area contributed by atoms with Crippen molar-refractivity contribution in [3.8, 4) is 11.5 Å². The van der Waals surface area contributed by atoms with Crippen molar-refractivity contribution < 1.29 is 142 Å². The molecule has 0 radical (unpaired) electrons. The standard InChI is InChI=1S/C86H125N17O29S/c1-9-45(5)71(83(129)96-58(35-51-21-25-54(109)26-22-51)77(123)92-56(32-44(3)4)76(122)94-60(37-69(116)117)75(121)90-46(6)16-14-15-29-87)101-82(128)63(41-105)98-78(124)57(34-50-19-23-53(108)24-20-50)93-79(125)61(38-70(118)119)95-81(127)62(40-104)99-85(131)73(48(8)107)102-80(126)59(33-49-17-12-11-13-18-49)97-84(130)72(47(7)106)100-64(110)39-89-74(120)55(27-28-68(114)115)91-66(112)43-133-42-65(111)88-30-31-103-67(113)36-52(10-2)86(103)132/h11-13,17-26,44-48,52,55-63,71-73,104-109H,9-10,14-16,27-43,87H2,1-8H3,(H,88,111)(H,89,120)(H,90,121)(H,91,112)(H,92,123)(H,93,125)(H,94,122)(H,95,127)(H,96,129)(H,97,130)(H,98,124)(H,99,131)(H,100,110)(H,101,128)(H,102,126)(H,114,115)(H,116,117)(H,118,119)/t45-,46+,47+,48+,52+,55-,56-,57-,58-,59-,60-,61-,62-,63-,71-,72-,73-/m0/s1. The average Bonchev–Trinajstić information content (AvgIpc) is 1.81. The van der Waals surface area contributed by atoms with Gasteiger partial charge in [0.25, 0.3) is 0 Å². The Hall–Kier alpha value is -13.0. The number of carboxylic acids is 3. The molecule has 47 heteroatoms. The average molecular weight is 1890 g/mol. The summed E-state index contributed by atoms with van der Waals surface area (Å²) < 4.78 is 0. The van der Waals surface area contributed by atoms with E-state index in [0.717, 1.165) is 30.5 Å². The van der Waals surface area contributed by atoms with Gasteiger partial charge in [0.05, 0.1) is 56.3 Å². The number of carbonyl (C=O) groups excluding carboxylic acids is 17. The largest absolute Gasteiger partial charge is 0.508 e. The molecule has 3 aromatic rings.